The fourth-order valence-electron chi connectivity index (χ4n) is 0.520. The predicted molar refractivity (Wildman–Crippen MR) is 47.4 cm³/mol. The number of rotatable bonds is 2. The van der Waals surface area contributed by atoms with E-state index >= 15 is 0 Å². The number of nitrogens with two attached hydrogens (primary N) is 1. The third kappa shape index (κ3) is 1.16. The molecule has 0 amide bonds. The number of hydrogen-bond donors (Lipinski definition) is 1. The Morgan fingerprint density at radius 2 is 2.50 bits per heavy atom. The summed E-state index contributed by atoms with van der Waals surface area (Å²) in [5, 5.41) is 0. The van der Waals surface area contributed by atoms with E-state index in [-0.39, 0.29) is 0 Å². The van der Waals surface area contributed by atoms with Gasteiger partial charge in [-0.2, -0.15) is 0 Å². The second kappa shape index (κ2) is 2.10. The maximum absolute atomic E-state index is 5.63. The first-order chi connectivity index (χ1) is 3.73. The minimum absolute atomic E-state index is 0.425. The van der Waals surface area contributed by atoms with E-state index in [4.69, 9.17) is 5.64 Å². The summed E-state index contributed by atoms with van der Waals surface area (Å²) in [5.41, 5.74) is 5.63. The van der Waals surface area contributed by atoms with Crippen molar-refractivity contribution in [3.63, 3.8) is 0 Å². The molecule has 2 rings (SSSR count). The number of nitrogens with zero attached hydrogens (tertiary/aromatic N) is 1. The molecule has 2 aliphatic rings. The van der Waals surface area contributed by atoms with Crippen LogP contribution in [-0.4, -0.2) is 8.85 Å². The maximum atomic E-state index is 5.63. The Kier molecular flexibility index (Phi) is 1.81. The third-order valence-corrected chi connectivity index (χ3v) is 22.3. The minimum atomic E-state index is -0.425. The van der Waals surface area contributed by atoms with E-state index in [9.17, 15) is 0 Å². The van der Waals surface area contributed by atoms with Gasteiger partial charge >= 0.3 is 74.4 Å². The van der Waals surface area contributed by atoms with Gasteiger partial charge in [-0.1, -0.05) is 0 Å². The summed E-state index contributed by atoms with van der Waals surface area (Å²) in [6, 6.07) is 0. The van der Waals surface area contributed by atoms with Crippen LogP contribution in [0.4, 0.5) is 0 Å². The molecule has 1 saturated heterocycles. The molecular formula is H3B2I2N2P2-. The molecule has 0 aromatic heterocycles. The summed E-state index contributed by atoms with van der Waals surface area (Å²) < 4.78 is 5.43. The zero-order chi connectivity index (χ0) is 5.78. The Hall–Kier alpha value is 2.21. The normalized spacial score (nSPS) is 40.5. The molecule has 2 aliphatic heterocycles. The van der Waals surface area contributed by atoms with Gasteiger partial charge in [0.1, 0.15) is 0 Å². The third-order valence-electron chi connectivity index (χ3n) is 0.992. The van der Waals surface area contributed by atoms with Gasteiger partial charge in [-0.05, 0) is 0 Å². The van der Waals surface area contributed by atoms with E-state index in [0.717, 1.165) is 12.6 Å². The standard InChI is InChI=1S/B2H3I2N2P2/c3-1(5)7-8-2(4-8)6-8/h7H,5H2/q-1. The van der Waals surface area contributed by atoms with Gasteiger partial charge in [0.05, 0.1) is 0 Å². The first kappa shape index (κ1) is 6.89. The predicted octanol–water partition coefficient (Wildman–Crippen LogP) is -1.82. The van der Waals surface area contributed by atoms with Crippen LogP contribution in [0, 0.1) is 0 Å². The van der Waals surface area contributed by atoms with Crippen molar-refractivity contribution in [3.05, 3.63) is 0 Å². The molecule has 1 fully saturated rings. The van der Waals surface area contributed by atoms with Crippen molar-refractivity contribution >= 4 is 43.6 Å². The number of halogens is 2. The van der Waals surface area contributed by atoms with Crippen LogP contribution in [0.3, 0.4) is 0 Å². The van der Waals surface area contributed by atoms with Crippen LogP contribution in [0.1, 0.15) is 0 Å². The van der Waals surface area contributed by atoms with Crippen LogP contribution in [0.25, 0.3) is 0 Å². The molecule has 2 N–H and O–H groups in total. The summed E-state index contributed by atoms with van der Waals surface area (Å²) in [5.74, 6) is 0. The number of fused-ring (bicyclic) bond motifs is 1. The molecule has 0 aliphatic carbocycles. The molecule has 8 heteroatoms. The Balaban J connectivity index is 1.93. The van der Waals surface area contributed by atoms with Crippen LogP contribution in [0.2, 0.25) is 0 Å². The molecule has 44 valence electrons. The molecule has 0 spiro atoms. The van der Waals surface area contributed by atoms with Crippen molar-refractivity contribution in [2.45, 2.75) is 0 Å². The summed E-state index contributed by atoms with van der Waals surface area (Å²) in [6.45, 7) is 0. The monoisotopic (exact) mass is 369 g/mol. The van der Waals surface area contributed by atoms with Crippen molar-refractivity contribution in [1.82, 2.24) is 0 Å². The molecule has 2 unspecified atom stereocenters. The SMILES string of the molecule is NB(I)PP12=NB1[I-]2. The Labute approximate surface area is 73.6 Å². The molecule has 0 aromatic carbocycles. The average Bonchev–Trinajstić information content (AvgIpc) is 2.18. The van der Waals surface area contributed by atoms with Gasteiger partial charge in [0.2, 0.25) is 0 Å². The van der Waals surface area contributed by atoms with Crippen molar-refractivity contribution < 1.29 is 20.4 Å². The molecule has 0 aromatic rings. The van der Waals surface area contributed by atoms with Crippen LogP contribution in [-0.2, 0) is 0 Å². The van der Waals surface area contributed by atoms with Gasteiger partial charge in [-0.15, -0.1) is 0 Å². The quantitative estimate of drug-likeness (QED) is 0.348. The van der Waals surface area contributed by atoms with E-state index in [2.05, 4.69) is 27.0 Å². The summed E-state index contributed by atoms with van der Waals surface area (Å²) in [4.78, 5) is 0. The second-order valence-corrected chi connectivity index (χ2v) is 21.0. The van der Waals surface area contributed by atoms with Gasteiger partial charge in [-0.25, -0.2) is 0 Å². The fraction of sp³-hybridized carbons (Fsp3) is 0. The summed E-state index contributed by atoms with van der Waals surface area (Å²) >= 11 is 2.94. The Morgan fingerprint density at radius 1 is 2.00 bits per heavy atom. The van der Waals surface area contributed by atoms with E-state index in [0.29, 0.717) is 24.9 Å². The van der Waals surface area contributed by atoms with Crippen molar-refractivity contribution in [2.24, 2.45) is 10.3 Å². The van der Waals surface area contributed by atoms with Gasteiger partial charge in [0, 0.05) is 0 Å². The van der Waals surface area contributed by atoms with Gasteiger partial charge in [0.25, 0.3) is 0 Å². The van der Waals surface area contributed by atoms with Gasteiger partial charge in [-0.3, -0.25) is 0 Å². The molecule has 0 saturated carbocycles. The van der Waals surface area contributed by atoms with E-state index in [1.54, 1.807) is 0 Å². The van der Waals surface area contributed by atoms with Crippen LogP contribution in [0.15, 0.2) is 4.66 Å². The Morgan fingerprint density at radius 3 is 2.62 bits per heavy atom. The topological polar surface area (TPSA) is 38.4 Å². The second-order valence-electron chi connectivity index (χ2n) is 1.66. The molecule has 0 bridgehead atoms. The van der Waals surface area contributed by atoms with Crippen LogP contribution < -0.4 is 26.1 Å². The zero-order valence-corrected chi connectivity index (χ0v) is 10.1. The van der Waals surface area contributed by atoms with Gasteiger partial charge < -0.3 is 0 Å². The van der Waals surface area contributed by atoms with Crippen molar-refractivity contribution in [2.75, 3.05) is 0 Å². The average molecular weight is 368 g/mol. The molecule has 2 heterocycles. The van der Waals surface area contributed by atoms with E-state index < -0.39 is 4.26 Å². The molecular weight excluding hydrogens is 365 g/mol. The van der Waals surface area contributed by atoms with Crippen molar-refractivity contribution in [1.29, 1.82) is 0 Å². The molecule has 2 nitrogen and oxygen atoms in total. The van der Waals surface area contributed by atoms with Crippen LogP contribution in [0.5, 0.6) is 0 Å². The number of hydrogen-bond acceptors (Lipinski definition) is 2. The fourth-order valence-corrected chi connectivity index (χ4v) is 28.4. The first-order valence-corrected chi connectivity index (χ1v) is 11.2. The molecule has 8 heavy (non-hydrogen) atoms. The van der Waals surface area contributed by atoms with Crippen molar-refractivity contribution in [3.8, 4) is 0 Å². The van der Waals surface area contributed by atoms with E-state index in [1.165, 1.54) is 0 Å². The first-order valence-electron chi connectivity index (χ1n) is 2.17. The zero-order valence-electron chi connectivity index (χ0n) is 3.88. The Bertz CT molecular complexity index is 179. The van der Waals surface area contributed by atoms with E-state index in [1.807, 2.05) is 0 Å². The molecule has 2 atom stereocenters. The summed E-state index contributed by atoms with van der Waals surface area (Å²) in [6.07, 6.45) is 0. The molecule has 0 radical (unpaired) electrons. The van der Waals surface area contributed by atoms with Gasteiger partial charge in [0.15, 0.2) is 0 Å². The van der Waals surface area contributed by atoms with Crippen LogP contribution >= 0.6 is 34.8 Å². The summed E-state index contributed by atoms with van der Waals surface area (Å²) in [7, 11) is 1.04.